The lowest BCUT2D eigenvalue weighted by Gasteiger charge is -2.30. The van der Waals surface area contributed by atoms with Gasteiger partial charge < -0.3 is 5.32 Å². The summed E-state index contributed by atoms with van der Waals surface area (Å²) in [5, 5.41) is 13.3. The number of nitro groups is 1. The number of hydrogen-bond donors (Lipinski definition) is 1. The number of amides is 3. The fourth-order valence-corrected chi connectivity index (χ4v) is 1.94. The van der Waals surface area contributed by atoms with Crippen molar-refractivity contribution in [3.8, 4) is 0 Å². The molecule has 0 aliphatic carbocycles. The van der Waals surface area contributed by atoms with Gasteiger partial charge in [-0.3, -0.25) is 14.9 Å². The Bertz CT molecular complexity index is 508. The van der Waals surface area contributed by atoms with Gasteiger partial charge >= 0.3 is 6.03 Å². The lowest BCUT2D eigenvalue weighted by molar-refractivity contribution is -0.384. The monoisotopic (exact) mass is 263 g/mol. The number of carbonyl (C=O) groups is 2. The van der Waals surface area contributed by atoms with Crippen LogP contribution in [-0.4, -0.2) is 22.9 Å². The van der Waals surface area contributed by atoms with E-state index in [0.717, 1.165) is 4.90 Å². The molecule has 1 fully saturated rings. The summed E-state index contributed by atoms with van der Waals surface area (Å²) >= 11 is 0. The summed E-state index contributed by atoms with van der Waals surface area (Å²) in [7, 11) is 0. The maximum Gasteiger partial charge on any atom is 0.328 e. The molecule has 0 aromatic heterocycles. The van der Waals surface area contributed by atoms with Gasteiger partial charge in [0, 0.05) is 24.6 Å². The molecule has 19 heavy (non-hydrogen) atoms. The average molecular weight is 263 g/mol. The fraction of sp³-hybridized carbons (Fsp3) is 0.333. The molecule has 100 valence electrons. The van der Waals surface area contributed by atoms with Crippen molar-refractivity contribution in [3.63, 3.8) is 0 Å². The Hall–Kier alpha value is -2.44. The number of nitro benzene ring substituents is 1. The Morgan fingerprint density at radius 1 is 1.37 bits per heavy atom. The Balaban J connectivity index is 2.23. The van der Waals surface area contributed by atoms with Crippen LogP contribution in [0.3, 0.4) is 0 Å². The zero-order valence-electron chi connectivity index (χ0n) is 10.3. The third-order valence-corrected chi connectivity index (χ3v) is 3.01. The number of imide groups is 1. The fourth-order valence-electron chi connectivity index (χ4n) is 1.94. The minimum atomic E-state index is -0.533. The molecule has 1 aromatic carbocycles. The molecule has 1 aromatic rings. The maximum absolute atomic E-state index is 11.9. The van der Waals surface area contributed by atoms with E-state index in [1.54, 1.807) is 0 Å². The Labute approximate surface area is 109 Å². The number of non-ortho nitro benzene ring substituents is 1. The number of anilines is 1. The van der Waals surface area contributed by atoms with Gasteiger partial charge in [0.1, 0.15) is 0 Å². The van der Waals surface area contributed by atoms with Crippen LogP contribution in [0, 0.1) is 10.1 Å². The standard InChI is InChI=1S/C12H13N3O4/c1-2-8-7-11(16)14(12(17)13-8)9-3-5-10(6-4-9)15(18)19/h3-6,8H,2,7H2,1H3,(H,13,17). The van der Waals surface area contributed by atoms with Crippen LogP contribution in [0.4, 0.5) is 16.2 Å². The van der Waals surface area contributed by atoms with E-state index < -0.39 is 11.0 Å². The topological polar surface area (TPSA) is 92.6 Å². The van der Waals surface area contributed by atoms with Gasteiger partial charge in [0.25, 0.3) is 5.69 Å². The SMILES string of the molecule is CCC1CC(=O)N(c2ccc([N+](=O)[O-])cc2)C(=O)N1. The molecule has 3 amide bonds. The molecule has 0 saturated carbocycles. The van der Waals surface area contributed by atoms with Gasteiger partial charge in [-0.15, -0.1) is 0 Å². The van der Waals surface area contributed by atoms with Crippen LogP contribution in [0.1, 0.15) is 19.8 Å². The second kappa shape index (κ2) is 5.05. The Kier molecular flexibility index (Phi) is 3.46. The summed E-state index contributed by atoms with van der Waals surface area (Å²) < 4.78 is 0. The number of rotatable bonds is 3. The molecular formula is C12H13N3O4. The normalized spacial score (nSPS) is 19.2. The number of carbonyl (C=O) groups excluding carboxylic acids is 2. The Morgan fingerprint density at radius 3 is 2.47 bits per heavy atom. The highest BCUT2D eigenvalue weighted by atomic mass is 16.6. The van der Waals surface area contributed by atoms with Crippen molar-refractivity contribution >= 4 is 23.3 Å². The first-order valence-electron chi connectivity index (χ1n) is 5.91. The number of urea groups is 1. The van der Waals surface area contributed by atoms with Crippen molar-refractivity contribution in [1.29, 1.82) is 0 Å². The number of benzene rings is 1. The number of nitrogens with zero attached hydrogens (tertiary/aromatic N) is 2. The van der Waals surface area contributed by atoms with E-state index in [1.807, 2.05) is 6.92 Å². The van der Waals surface area contributed by atoms with Crippen LogP contribution in [0.5, 0.6) is 0 Å². The molecule has 1 heterocycles. The third kappa shape index (κ3) is 2.54. The van der Waals surface area contributed by atoms with Crippen LogP contribution in [-0.2, 0) is 4.79 Å². The molecule has 0 spiro atoms. The lowest BCUT2D eigenvalue weighted by atomic mass is 10.1. The summed E-state index contributed by atoms with van der Waals surface area (Å²) in [5.74, 6) is -0.301. The van der Waals surface area contributed by atoms with E-state index >= 15 is 0 Å². The zero-order valence-corrected chi connectivity index (χ0v) is 10.3. The molecule has 0 radical (unpaired) electrons. The molecule has 0 bridgehead atoms. The molecule has 1 aliphatic rings. The van der Waals surface area contributed by atoms with Gasteiger partial charge in [-0.05, 0) is 18.6 Å². The molecule has 1 N–H and O–H groups in total. The van der Waals surface area contributed by atoms with Gasteiger partial charge in [0.05, 0.1) is 10.6 Å². The van der Waals surface area contributed by atoms with Crippen molar-refractivity contribution in [3.05, 3.63) is 34.4 Å². The van der Waals surface area contributed by atoms with Gasteiger partial charge in [-0.2, -0.15) is 0 Å². The third-order valence-electron chi connectivity index (χ3n) is 3.01. The summed E-state index contributed by atoms with van der Waals surface area (Å²) in [6.45, 7) is 1.89. The quantitative estimate of drug-likeness (QED) is 0.665. The van der Waals surface area contributed by atoms with Crippen molar-refractivity contribution in [2.75, 3.05) is 4.90 Å². The highest BCUT2D eigenvalue weighted by Crippen LogP contribution is 2.22. The largest absolute Gasteiger partial charge is 0.334 e. The highest BCUT2D eigenvalue weighted by Gasteiger charge is 2.32. The second-order valence-corrected chi connectivity index (χ2v) is 4.26. The van der Waals surface area contributed by atoms with E-state index in [4.69, 9.17) is 0 Å². The molecule has 1 aliphatic heterocycles. The van der Waals surface area contributed by atoms with Crippen LogP contribution in [0.25, 0.3) is 0 Å². The van der Waals surface area contributed by atoms with Gasteiger partial charge in [0.15, 0.2) is 0 Å². The van der Waals surface area contributed by atoms with Gasteiger partial charge in [-0.25, -0.2) is 9.69 Å². The summed E-state index contributed by atoms with van der Waals surface area (Å²) in [6.07, 6.45) is 0.921. The summed E-state index contributed by atoms with van der Waals surface area (Å²) in [4.78, 5) is 34.8. The number of nitrogens with one attached hydrogen (secondary N) is 1. The first-order chi connectivity index (χ1) is 9.02. The second-order valence-electron chi connectivity index (χ2n) is 4.26. The maximum atomic E-state index is 11.9. The smallest absolute Gasteiger partial charge is 0.328 e. The minimum absolute atomic E-state index is 0.0833. The Morgan fingerprint density at radius 2 is 2.00 bits per heavy atom. The van der Waals surface area contributed by atoms with E-state index in [2.05, 4.69) is 5.32 Å². The minimum Gasteiger partial charge on any atom is -0.334 e. The molecule has 2 rings (SSSR count). The summed E-state index contributed by atoms with van der Waals surface area (Å²) in [5.41, 5.74) is 0.253. The first-order valence-corrected chi connectivity index (χ1v) is 5.91. The van der Waals surface area contributed by atoms with Gasteiger partial charge in [0.2, 0.25) is 5.91 Å². The van der Waals surface area contributed by atoms with E-state index in [0.29, 0.717) is 12.1 Å². The molecule has 1 unspecified atom stereocenters. The first kappa shape index (κ1) is 13.0. The van der Waals surface area contributed by atoms with Crippen LogP contribution < -0.4 is 10.2 Å². The molecule has 7 heteroatoms. The molecular weight excluding hydrogens is 250 g/mol. The van der Waals surface area contributed by atoms with E-state index in [1.165, 1.54) is 24.3 Å². The molecule has 1 saturated heterocycles. The van der Waals surface area contributed by atoms with Crippen LogP contribution in [0.2, 0.25) is 0 Å². The predicted octanol–water partition coefficient (Wildman–Crippen LogP) is 1.82. The van der Waals surface area contributed by atoms with Crippen LogP contribution >= 0.6 is 0 Å². The van der Waals surface area contributed by atoms with Crippen molar-refractivity contribution < 1.29 is 14.5 Å². The predicted molar refractivity (Wildman–Crippen MR) is 67.8 cm³/mol. The zero-order chi connectivity index (χ0) is 14.0. The van der Waals surface area contributed by atoms with Crippen molar-refractivity contribution in [2.24, 2.45) is 0 Å². The van der Waals surface area contributed by atoms with Gasteiger partial charge in [-0.1, -0.05) is 6.92 Å². The molecule has 1 atom stereocenters. The molecule has 7 nitrogen and oxygen atoms in total. The van der Waals surface area contributed by atoms with Crippen molar-refractivity contribution in [2.45, 2.75) is 25.8 Å². The average Bonchev–Trinajstić information content (AvgIpc) is 2.38. The van der Waals surface area contributed by atoms with Crippen LogP contribution in [0.15, 0.2) is 24.3 Å². The van der Waals surface area contributed by atoms with E-state index in [9.17, 15) is 19.7 Å². The number of hydrogen-bond acceptors (Lipinski definition) is 4. The summed E-state index contributed by atoms with van der Waals surface area (Å²) in [6, 6.07) is 4.68. The van der Waals surface area contributed by atoms with Crippen molar-refractivity contribution in [1.82, 2.24) is 5.32 Å². The highest BCUT2D eigenvalue weighted by molar-refractivity contribution is 6.16. The van der Waals surface area contributed by atoms with E-state index in [-0.39, 0.29) is 24.1 Å². The lowest BCUT2D eigenvalue weighted by Crippen LogP contribution is -2.54.